The Kier molecular flexibility index (Phi) is 5.46. The molecule has 0 aliphatic rings. The van der Waals surface area contributed by atoms with Gasteiger partial charge in [0.2, 0.25) is 0 Å². The van der Waals surface area contributed by atoms with E-state index in [4.69, 9.17) is 5.73 Å². The van der Waals surface area contributed by atoms with Crippen molar-refractivity contribution >= 4 is 40.4 Å². The molecule has 9 heteroatoms. The Morgan fingerprint density at radius 2 is 1.61 bits per heavy atom. The fraction of sp³-hybridized carbons (Fsp3) is 0. The van der Waals surface area contributed by atoms with E-state index in [1.165, 1.54) is 35.6 Å². The molecule has 2 aromatic carbocycles. The van der Waals surface area contributed by atoms with Crippen molar-refractivity contribution in [1.29, 1.82) is 0 Å². The van der Waals surface area contributed by atoms with Gasteiger partial charge in [-0.15, -0.1) is 11.3 Å². The number of primary amides is 1. The predicted octanol–water partition coefficient (Wildman–Crippen LogP) is 3.63. The largest absolute Gasteiger partial charge is 0.366 e. The topological polar surface area (TPSA) is 101 Å². The second-order valence-corrected chi connectivity index (χ2v) is 6.59. The fourth-order valence-corrected chi connectivity index (χ4v) is 2.95. The number of carbonyl (C=O) groups is 3. The lowest BCUT2D eigenvalue weighted by atomic mass is 10.1. The van der Waals surface area contributed by atoms with Crippen LogP contribution in [0.3, 0.4) is 0 Å². The van der Waals surface area contributed by atoms with Crippen LogP contribution in [0.5, 0.6) is 0 Å². The first-order chi connectivity index (χ1) is 13.3. The lowest BCUT2D eigenvalue weighted by Gasteiger charge is -2.09. The molecule has 0 fully saturated rings. The molecule has 3 amide bonds. The minimum absolute atomic E-state index is 0.165. The number of halogens is 2. The summed E-state index contributed by atoms with van der Waals surface area (Å²) in [7, 11) is 0. The van der Waals surface area contributed by atoms with E-state index in [1.807, 2.05) is 0 Å². The maximum atomic E-state index is 13.9. The SMILES string of the molecule is NC(=O)c1cc(NC(=O)c2ccc(NC(=O)c3cccs3)cc2)c(F)cc1F. The van der Waals surface area contributed by atoms with Crippen molar-refractivity contribution < 1.29 is 23.2 Å². The molecule has 28 heavy (non-hydrogen) atoms. The molecule has 3 aromatic rings. The van der Waals surface area contributed by atoms with Crippen LogP contribution in [0, 0.1) is 11.6 Å². The first-order valence-electron chi connectivity index (χ1n) is 7.90. The van der Waals surface area contributed by atoms with Crippen LogP contribution in [-0.2, 0) is 0 Å². The molecule has 0 bridgehead atoms. The minimum atomic E-state index is -1.12. The molecule has 142 valence electrons. The number of rotatable bonds is 5. The van der Waals surface area contributed by atoms with Gasteiger partial charge in [-0.1, -0.05) is 6.07 Å². The fourth-order valence-electron chi connectivity index (χ4n) is 2.33. The zero-order valence-corrected chi connectivity index (χ0v) is 15.0. The van der Waals surface area contributed by atoms with Crippen molar-refractivity contribution in [3.8, 4) is 0 Å². The Hall–Kier alpha value is -3.59. The van der Waals surface area contributed by atoms with Crippen LogP contribution in [-0.4, -0.2) is 17.7 Å². The summed E-state index contributed by atoms with van der Waals surface area (Å²) >= 11 is 1.29. The summed E-state index contributed by atoms with van der Waals surface area (Å²) in [6, 6.07) is 10.6. The van der Waals surface area contributed by atoms with Gasteiger partial charge in [-0.3, -0.25) is 14.4 Å². The second-order valence-electron chi connectivity index (χ2n) is 5.64. The van der Waals surface area contributed by atoms with Crippen molar-refractivity contribution in [3.63, 3.8) is 0 Å². The first-order valence-corrected chi connectivity index (χ1v) is 8.78. The number of amides is 3. The summed E-state index contributed by atoms with van der Waals surface area (Å²) in [4.78, 5) is 36.0. The van der Waals surface area contributed by atoms with Crippen LogP contribution < -0.4 is 16.4 Å². The summed E-state index contributed by atoms with van der Waals surface area (Å²) in [6.45, 7) is 0. The second kappa shape index (κ2) is 7.97. The van der Waals surface area contributed by atoms with Crippen molar-refractivity contribution in [3.05, 3.63) is 81.5 Å². The predicted molar refractivity (Wildman–Crippen MR) is 102 cm³/mol. The van der Waals surface area contributed by atoms with E-state index in [0.717, 1.165) is 6.07 Å². The quantitative estimate of drug-likeness (QED) is 0.608. The molecule has 1 heterocycles. The van der Waals surface area contributed by atoms with E-state index in [1.54, 1.807) is 17.5 Å². The number of anilines is 2. The third-order valence-electron chi connectivity index (χ3n) is 3.72. The molecule has 0 saturated carbocycles. The molecule has 0 spiro atoms. The number of benzene rings is 2. The Balaban J connectivity index is 1.72. The monoisotopic (exact) mass is 401 g/mol. The maximum Gasteiger partial charge on any atom is 0.265 e. The molecule has 6 nitrogen and oxygen atoms in total. The summed E-state index contributed by atoms with van der Waals surface area (Å²) in [5.74, 6) is -4.21. The normalized spacial score (nSPS) is 10.4. The van der Waals surface area contributed by atoms with Crippen molar-refractivity contribution in [2.45, 2.75) is 0 Å². The number of nitrogens with two attached hydrogens (primary N) is 1. The van der Waals surface area contributed by atoms with E-state index in [-0.39, 0.29) is 17.2 Å². The van der Waals surface area contributed by atoms with Gasteiger partial charge in [0.25, 0.3) is 17.7 Å². The average molecular weight is 401 g/mol. The highest BCUT2D eigenvalue weighted by molar-refractivity contribution is 7.12. The van der Waals surface area contributed by atoms with Gasteiger partial charge in [0, 0.05) is 17.3 Å². The first kappa shape index (κ1) is 19.2. The van der Waals surface area contributed by atoms with E-state index in [0.29, 0.717) is 16.6 Å². The zero-order valence-electron chi connectivity index (χ0n) is 14.2. The van der Waals surface area contributed by atoms with Gasteiger partial charge < -0.3 is 16.4 Å². The summed E-state index contributed by atoms with van der Waals surface area (Å²) in [5.41, 5.74) is 4.74. The lowest BCUT2D eigenvalue weighted by Crippen LogP contribution is -2.17. The smallest absolute Gasteiger partial charge is 0.265 e. The van der Waals surface area contributed by atoms with Gasteiger partial charge in [0.1, 0.15) is 11.6 Å². The Morgan fingerprint density at radius 1 is 0.893 bits per heavy atom. The molecule has 0 aliphatic heterocycles. The van der Waals surface area contributed by atoms with Crippen LogP contribution in [0.25, 0.3) is 0 Å². The number of hydrogen-bond acceptors (Lipinski definition) is 4. The minimum Gasteiger partial charge on any atom is -0.366 e. The number of carbonyl (C=O) groups excluding carboxylic acids is 3. The number of thiophene rings is 1. The van der Waals surface area contributed by atoms with E-state index in [9.17, 15) is 23.2 Å². The zero-order chi connectivity index (χ0) is 20.3. The van der Waals surface area contributed by atoms with Crippen LogP contribution in [0.4, 0.5) is 20.2 Å². The molecule has 0 atom stereocenters. The van der Waals surface area contributed by atoms with Gasteiger partial charge in [-0.2, -0.15) is 0 Å². The van der Waals surface area contributed by atoms with E-state index in [2.05, 4.69) is 10.6 Å². The molecule has 0 saturated heterocycles. The lowest BCUT2D eigenvalue weighted by molar-refractivity contribution is 0.0991. The summed E-state index contributed by atoms with van der Waals surface area (Å²) in [5, 5.41) is 6.72. The van der Waals surface area contributed by atoms with Gasteiger partial charge >= 0.3 is 0 Å². The third kappa shape index (κ3) is 4.21. The highest BCUT2D eigenvalue weighted by atomic mass is 32.1. The average Bonchev–Trinajstić information content (AvgIpc) is 3.19. The van der Waals surface area contributed by atoms with Crippen LogP contribution >= 0.6 is 11.3 Å². The van der Waals surface area contributed by atoms with Gasteiger partial charge in [0.05, 0.1) is 16.1 Å². The Labute approximate surface area is 162 Å². The number of hydrogen-bond donors (Lipinski definition) is 3. The van der Waals surface area contributed by atoms with E-state index < -0.39 is 29.0 Å². The number of nitrogens with one attached hydrogen (secondary N) is 2. The standard InChI is InChI=1S/C19H13F2N3O3S/c20-13-9-14(21)15(8-12(13)17(22)25)24-18(26)10-3-5-11(6-4-10)23-19(27)16-2-1-7-28-16/h1-9H,(H2,22,25)(H,23,27)(H,24,26). The van der Waals surface area contributed by atoms with Crippen LogP contribution in [0.1, 0.15) is 30.4 Å². The van der Waals surface area contributed by atoms with E-state index >= 15 is 0 Å². The van der Waals surface area contributed by atoms with Crippen molar-refractivity contribution in [2.75, 3.05) is 10.6 Å². The molecular weight excluding hydrogens is 388 g/mol. The van der Waals surface area contributed by atoms with Crippen LogP contribution in [0.2, 0.25) is 0 Å². The van der Waals surface area contributed by atoms with Gasteiger partial charge in [0.15, 0.2) is 0 Å². The molecule has 0 radical (unpaired) electrons. The highest BCUT2D eigenvalue weighted by Crippen LogP contribution is 2.21. The molecule has 0 aliphatic carbocycles. The summed E-state index contributed by atoms with van der Waals surface area (Å²) < 4.78 is 27.4. The van der Waals surface area contributed by atoms with Gasteiger partial charge in [-0.25, -0.2) is 8.78 Å². The molecule has 1 aromatic heterocycles. The maximum absolute atomic E-state index is 13.9. The van der Waals surface area contributed by atoms with Crippen molar-refractivity contribution in [1.82, 2.24) is 0 Å². The summed E-state index contributed by atoms with van der Waals surface area (Å²) in [6.07, 6.45) is 0. The highest BCUT2D eigenvalue weighted by Gasteiger charge is 2.16. The molecule has 4 N–H and O–H groups in total. The van der Waals surface area contributed by atoms with Gasteiger partial charge in [-0.05, 0) is 41.8 Å². The molecular formula is C19H13F2N3O3S. The third-order valence-corrected chi connectivity index (χ3v) is 4.59. The van der Waals surface area contributed by atoms with Crippen molar-refractivity contribution in [2.24, 2.45) is 5.73 Å². The Morgan fingerprint density at radius 3 is 2.21 bits per heavy atom. The molecule has 3 rings (SSSR count). The van der Waals surface area contributed by atoms with Crippen LogP contribution in [0.15, 0.2) is 53.9 Å². The Bertz CT molecular complexity index is 1050. The molecule has 0 unspecified atom stereocenters.